The van der Waals surface area contributed by atoms with Crippen LogP contribution in [0.4, 0.5) is 5.69 Å². The van der Waals surface area contributed by atoms with Gasteiger partial charge in [-0.3, -0.25) is 0 Å². The van der Waals surface area contributed by atoms with E-state index in [4.69, 9.17) is 15.2 Å². The van der Waals surface area contributed by atoms with Crippen molar-refractivity contribution < 1.29 is 9.47 Å². The highest BCUT2D eigenvalue weighted by molar-refractivity contribution is 9.10. The Balaban J connectivity index is 2.25. The van der Waals surface area contributed by atoms with Gasteiger partial charge < -0.3 is 15.2 Å². The molecule has 0 saturated heterocycles. The predicted molar refractivity (Wildman–Crippen MR) is 85.6 cm³/mol. The average molecular weight is 336 g/mol. The lowest BCUT2D eigenvalue weighted by Crippen LogP contribution is -2.07. The van der Waals surface area contributed by atoms with Gasteiger partial charge in [-0.1, -0.05) is 6.07 Å². The van der Waals surface area contributed by atoms with Crippen molar-refractivity contribution in [2.75, 3.05) is 5.73 Å². The van der Waals surface area contributed by atoms with Crippen LogP contribution in [0, 0.1) is 6.92 Å². The molecule has 0 atom stereocenters. The minimum Gasteiger partial charge on any atom is -0.489 e. The summed E-state index contributed by atoms with van der Waals surface area (Å²) in [6.45, 7) is 5.96. The third-order valence-electron chi connectivity index (χ3n) is 2.66. The predicted octanol–water partition coefficient (Wildman–Crippen LogP) is 4.92. The largest absolute Gasteiger partial charge is 0.489 e. The van der Waals surface area contributed by atoms with E-state index < -0.39 is 0 Å². The molecule has 0 aliphatic heterocycles. The molecule has 0 spiro atoms. The van der Waals surface area contributed by atoms with Gasteiger partial charge in [0.1, 0.15) is 17.2 Å². The second-order valence-electron chi connectivity index (χ2n) is 4.90. The zero-order valence-electron chi connectivity index (χ0n) is 11.8. The third-order valence-corrected chi connectivity index (χ3v) is 3.28. The second-order valence-corrected chi connectivity index (χ2v) is 5.76. The van der Waals surface area contributed by atoms with Crippen LogP contribution in [-0.2, 0) is 0 Å². The van der Waals surface area contributed by atoms with Crippen molar-refractivity contribution in [1.82, 2.24) is 0 Å². The number of benzene rings is 2. The Bertz CT molecular complexity index is 611. The normalized spacial score (nSPS) is 10.7. The van der Waals surface area contributed by atoms with Gasteiger partial charge in [0.05, 0.1) is 16.3 Å². The number of hydrogen-bond acceptors (Lipinski definition) is 3. The molecule has 2 rings (SSSR count). The number of hydrogen-bond donors (Lipinski definition) is 1. The monoisotopic (exact) mass is 335 g/mol. The van der Waals surface area contributed by atoms with E-state index in [1.807, 2.05) is 51.1 Å². The van der Waals surface area contributed by atoms with Crippen LogP contribution in [0.1, 0.15) is 19.4 Å². The van der Waals surface area contributed by atoms with Crippen LogP contribution in [0.5, 0.6) is 17.2 Å². The number of nitrogen functional groups attached to an aromatic ring is 1. The zero-order valence-corrected chi connectivity index (χ0v) is 13.4. The van der Waals surface area contributed by atoms with E-state index in [9.17, 15) is 0 Å². The topological polar surface area (TPSA) is 44.5 Å². The van der Waals surface area contributed by atoms with Gasteiger partial charge in [0, 0.05) is 6.07 Å². The fourth-order valence-corrected chi connectivity index (χ4v) is 2.32. The summed E-state index contributed by atoms with van der Waals surface area (Å²) in [5.74, 6) is 2.09. The fraction of sp³-hybridized carbons (Fsp3) is 0.250. The number of rotatable bonds is 4. The van der Waals surface area contributed by atoms with Crippen molar-refractivity contribution in [3.8, 4) is 17.2 Å². The lowest BCUT2D eigenvalue weighted by atomic mass is 10.2. The quantitative estimate of drug-likeness (QED) is 0.806. The van der Waals surface area contributed by atoms with Gasteiger partial charge >= 0.3 is 0 Å². The number of halogens is 1. The lowest BCUT2D eigenvalue weighted by Gasteiger charge is -2.14. The Kier molecular flexibility index (Phi) is 4.55. The van der Waals surface area contributed by atoms with E-state index >= 15 is 0 Å². The maximum absolute atomic E-state index is 5.89. The van der Waals surface area contributed by atoms with Gasteiger partial charge in [-0.05, 0) is 66.5 Å². The molecule has 2 N–H and O–H groups in total. The fourth-order valence-electron chi connectivity index (χ4n) is 1.75. The maximum Gasteiger partial charge on any atom is 0.146 e. The molecule has 3 nitrogen and oxygen atoms in total. The van der Waals surface area contributed by atoms with Crippen molar-refractivity contribution in [1.29, 1.82) is 0 Å². The van der Waals surface area contributed by atoms with Crippen LogP contribution < -0.4 is 15.2 Å². The van der Waals surface area contributed by atoms with E-state index in [0.29, 0.717) is 17.2 Å². The molecule has 0 radical (unpaired) electrons. The van der Waals surface area contributed by atoms with Crippen LogP contribution >= 0.6 is 15.9 Å². The van der Waals surface area contributed by atoms with Crippen LogP contribution in [0.2, 0.25) is 0 Å². The van der Waals surface area contributed by atoms with Gasteiger partial charge in [0.15, 0.2) is 0 Å². The van der Waals surface area contributed by atoms with Crippen molar-refractivity contribution >= 4 is 21.6 Å². The van der Waals surface area contributed by atoms with Crippen molar-refractivity contribution in [2.24, 2.45) is 0 Å². The molecule has 2 aromatic rings. The number of ether oxygens (including phenoxy) is 2. The summed E-state index contributed by atoms with van der Waals surface area (Å²) in [6, 6.07) is 11.4. The lowest BCUT2D eigenvalue weighted by molar-refractivity contribution is 0.243. The molecule has 0 aromatic heterocycles. The highest BCUT2D eigenvalue weighted by atomic mass is 79.9. The SMILES string of the molecule is Cc1ccc(Oc2ccc(N)c(OC(C)C)c2)c(Br)c1. The van der Waals surface area contributed by atoms with E-state index in [1.165, 1.54) is 5.56 Å². The summed E-state index contributed by atoms with van der Waals surface area (Å²) in [5, 5.41) is 0. The maximum atomic E-state index is 5.89. The first-order chi connectivity index (χ1) is 9.45. The van der Waals surface area contributed by atoms with Crippen molar-refractivity contribution in [3.05, 3.63) is 46.4 Å². The van der Waals surface area contributed by atoms with Crippen LogP contribution in [0.25, 0.3) is 0 Å². The summed E-state index contributed by atoms with van der Waals surface area (Å²) in [5.41, 5.74) is 7.67. The number of nitrogens with two attached hydrogens (primary N) is 1. The summed E-state index contributed by atoms with van der Waals surface area (Å²) in [4.78, 5) is 0. The summed E-state index contributed by atoms with van der Waals surface area (Å²) >= 11 is 3.50. The third kappa shape index (κ3) is 3.67. The van der Waals surface area contributed by atoms with Crippen molar-refractivity contribution in [2.45, 2.75) is 26.9 Å². The van der Waals surface area contributed by atoms with Crippen LogP contribution in [-0.4, -0.2) is 6.10 Å². The Hall–Kier alpha value is -1.68. The zero-order chi connectivity index (χ0) is 14.7. The minimum absolute atomic E-state index is 0.0682. The molecule has 2 aromatic carbocycles. The molecular weight excluding hydrogens is 318 g/mol. The van der Waals surface area contributed by atoms with Gasteiger partial charge in [0.2, 0.25) is 0 Å². The Morgan fingerprint density at radius 3 is 2.45 bits per heavy atom. The highest BCUT2D eigenvalue weighted by Crippen LogP contribution is 2.34. The van der Waals surface area contributed by atoms with Gasteiger partial charge in [-0.2, -0.15) is 0 Å². The minimum atomic E-state index is 0.0682. The number of aryl methyl sites for hydroxylation is 1. The molecule has 0 unspecified atom stereocenters. The van der Waals surface area contributed by atoms with E-state index in [0.717, 1.165) is 10.2 Å². The molecule has 0 bridgehead atoms. The molecule has 0 fully saturated rings. The molecule has 0 saturated carbocycles. The van der Waals surface area contributed by atoms with E-state index in [2.05, 4.69) is 15.9 Å². The smallest absolute Gasteiger partial charge is 0.146 e. The van der Waals surface area contributed by atoms with Gasteiger partial charge in [0.25, 0.3) is 0 Å². The standard InChI is InChI=1S/C16H18BrNO2/c1-10(2)19-16-9-12(5-6-14(16)18)20-15-7-4-11(3)8-13(15)17/h4-10H,18H2,1-3H3. The molecule has 4 heteroatoms. The molecule has 0 aliphatic rings. The Morgan fingerprint density at radius 2 is 1.80 bits per heavy atom. The molecule has 20 heavy (non-hydrogen) atoms. The summed E-state index contributed by atoms with van der Waals surface area (Å²) in [7, 11) is 0. The molecular formula is C16H18BrNO2. The molecule has 106 valence electrons. The molecule has 0 heterocycles. The summed E-state index contributed by atoms with van der Waals surface area (Å²) in [6.07, 6.45) is 0.0682. The Labute approximate surface area is 127 Å². The first-order valence-electron chi connectivity index (χ1n) is 6.46. The first-order valence-corrected chi connectivity index (χ1v) is 7.25. The van der Waals surface area contributed by atoms with Gasteiger partial charge in [-0.25, -0.2) is 0 Å². The Morgan fingerprint density at radius 1 is 1.05 bits per heavy atom. The second kappa shape index (κ2) is 6.18. The van der Waals surface area contributed by atoms with E-state index in [-0.39, 0.29) is 6.10 Å². The molecule has 0 amide bonds. The van der Waals surface area contributed by atoms with E-state index in [1.54, 1.807) is 6.07 Å². The van der Waals surface area contributed by atoms with Crippen LogP contribution in [0.15, 0.2) is 40.9 Å². The van der Waals surface area contributed by atoms with Crippen LogP contribution in [0.3, 0.4) is 0 Å². The highest BCUT2D eigenvalue weighted by Gasteiger charge is 2.08. The number of anilines is 1. The van der Waals surface area contributed by atoms with Crippen molar-refractivity contribution in [3.63, 3.8) is 0 Å². The average Bonchev–Trinajstić information content (AvgIpc) is 2.36. The first kappa shape index (κ1) is 14.7. The van der Waals surface area contributed by atoms with Gasteiger partial charge in [-0.15, -0.1) is 0 Å². The summed E-state index contributed by atoms with van der Waals surface area (Å²) < 4.78 is 12.4. The molecule has 0 aliphatic carbocycles.